The summed E-state index contributed by atoms with van der Waals surface area (Å²) in [5, 5.41) is 2.74. The van der Waals surface area contributed by atoms with Crippen LogP contribution >= 0.6 is 0 Å². The molecule has 1 amide bonds. The minimum absolute atomic E-state index is 0.135. The Bertz CT molecular complexity index is 428. The Hall–Kier alpha value is -1.77. The first-order valence-corrected chi connectivity index (χ1v) is 6.96. The highest BCUT2D eigenvalue weighted by Gasteiger charge is 2.19. The van der Waals surface area contributed by atoms with Crippen LogP contribution in [0.4, 0.5) is 10.5 Å². The predicted octanol–water partition coefficient (Wildman–Crippen LogP) is 4.51. The summed E-state index contributed by atoms with van der Waals surface area (Å²) in [7, 11) is 0. The van der Waals surface area contributed by atoms with Crippen molar-refractivity contribution in [2.45, 2.75) is 44.6 Å². The van der Waals surface area contributed by atoms with Crippen LogP contribution in [0.1, 0.15) is 38.5 Å². The molecule has 1 saturated carbocycles. The highest BCUT2D eigenvalue weighted by Crippen LogP contribution is 2.23. The fourth-order valence-electron chi connectivity index (χ4n) is 2.34. The van der Waals surface area contributed by atoms with Crippen molar-refractivity contribution in [3.8, 4) is 0 Å². The van der Waals surface area contributed by atoms with E-state index < -0.39 is 6.09 Å². The lowest BCUT2D eigenvalue weighted by Gasteiger charge is -2.22. The van der Waals surface area contributed by atoms with Crippen molar-refractivity contribution in [1.29, 1.82) is 0 Å². The molecule has 1 aliphatic carbocycles. The van der Waals surface area contributed by atoms with E-state index in [4.69, 9.17) is 4.74 Å². The van der Waals surface area contributed by atoms with Crippen LogP contribution in [0, 0.1) is 0 Å². The van der Waals surface area contributed by atoms with Crippen molar-refractivity contribution in [3.05, 3.63) is 42.5 Å². The molecule has 2 rings (SSSR count). The van der Waals surface area contributed by atoms with Crippen LogP contribution in [0.15, 0.2) is 42.5 Å². The molecule has 0 aromatic heterocycles. The third kappa shape index (κ3) is 4.43. The minimum Gasteiger partial charge on any atom is -0.441 e. The zero-order valence-electron chi connectivity index (χ0n) is 11.2. The number of rotatable bonds is 2. The van der Waals surface area contributed by atoms with E-state index in [1.807, 2.05) is 30.3 Å². The lowest BCUT2D eigenvalue weighted by atomic mass is 9.95. The van der Waals surface area contributed by atoms with Crippen LogP contribution in [0.2, 0.25) is 0 Å². The average molecular weight is 259 g/mol. The van der Waals surface area contributed by atoms with Crippen LogP contribution in [0.3, 0.4) is 0 Å². The first kappa shape index (κ1) is 13.7. The summed E-state index contributed by atoms with van der Waals surface area (Å²) in [6.45, 7) is 4.05. The largest absolute Gasteiger partial charge is 0.441 e. The van der Waals surface area contributed by atoms with Gasteiger partial charge in [0.25, 0.3) is 0 Å². The van der Waals surface area contributed by atoms with E-state index in [-0.39, 0.29) is 6.10 Å². The molecule has 0 aliphatic heterocycles. The zero-order chi connectivity index (χ0) is 13.5. The number of carbonyl (C=O) groups is 1. The van der Waals surface area contributed by atoms with Crippen molar-refractivity contribution >= 4 is 11.8 Å². The van der Waals surface area contributed by atoms with Gasteiger partial charge in [-0.3, -0.25) is 5.32 Å². The number of carbonyl (C=O) groups excluding carboxylic acids is 1. The SMILES string of the molecule is C=C1CCCCCC[C@H]1OC(=O)Nc1ccccc1. The molecule has 1 atom stereocenters. The Morgan fingerprint density at radius 2 is 1.89 bits per heavy atom. The van der Waals surface area contributed by atoms with Crippen LogP contribution < -0.4 is 5.32 Å². The smallest absolute Gasteiger partial charge is 0.412 e. The fourth-order valence-corrected chi connectivity index (χ4v) is 2.34. The van der Waals surface area contributed by atoms with Gasteiger partial charge in [0, 0.05) is 5.69 Å². The van der Waals surface area contributed by atoms with E-state index in [1.165, 1.54) is 12.8 Å². The molecule has 0 radical (unpaired) electrons. The van der Waals surface area contributed by atoms with Gasteiger partial charge in [0.05, 0.1) is 0 Å². The van der Waals surface area contributed by atoms with Gasteiger partial charge in [-0.05, 0) is 43.4 Å². The quantitative estimate of drug-likeness (QED) is 0.793. The van der Waals surface area contributed by atoms with Gasteiger partial charge in [-0.25, -0.2) is 4.79 Å². The summed E-state index contributed by atoms with van der Waals surface area (Å²) in [5.41, 5.74) is 1.80. The number of amides is 1. The molecule has 1 fully saturated rings. The minimum atomic E-state index is -0.391. The van der Waals surface area contributed by atoms with Crippen molar-refractivity contribution in [1.82, 2.24) is 0 Å². The summed E-state index contributed by atoms with van der Waals surface area (Å²) < 4.78 is 5.49. The molecule has 0 unspecified atom stereocenters. The number of ether oxygens (including phenoxy) is 1. The highest BCUT2D eigenvalue weighted by molar-refractivity contribution is 5.84. The molecular weight excluding hydrogens is 238 g/mol. The maximum Gasteiger partial charge on any atom is 0.412 e. The molecule has 1 aliphatic rings. The molecule has 0 bridgehead atoms. The molecule has 19 heavy (non-hydrogen) atoms. The summed E-state index contributed by atoms with van der Waals surface area (Å²) in [5.74, 6) is 0. The summed E-state index contributed by atoms with van der Waals surface area (Å²) >= 11 is 0. The van der Waals surface area contributed by atoms with E-state index in [0.717, 1.165) is 36.9 Å². The lowest BCUT2D eigenvalue weighted by Crippen LogP contribution is -2.24. The number of anilines is 1. The Kier molecular flexibility index (Phi) is 5.01. The van der Waals surface area contributed by atoms with E-state index in [0.29, 0.717) is 0 Å². The van der Waals surface area contributed by atoms with Gasteiger partial charge in [-0.2, -0.15) is 0 Å². The third-order valence-corrected chi connectivity index (χ3v) is 3.44. The molecular formula is C16H21NO2. The molecule has 102 valence electrons. The van der Waals surface area contributed by atoms with Gasteiger partial charge in [0.1, 0.15) is 6.10 Å². The second kappa shape index (κ2) is 6.98. The maximum absolute atomic E-state index is 11.8. The Balaban J connectivity index is 1.88. The average Bonchev–Trinajstić information content (AvgIpc) is 2.40. The zero-order valence-corrected chi connectivity index (χ0v) is 11.2. The number of para-hydroxylation sites is 1. The van der Waals surface area contributed by atoms with Crippen LogP contribution in [0.5, 0.6) is 0 Å². The Morgan fingerprint density at radius 3 is 2.68 bits per heavy atom. The normalized spacial score (nSPS) is 20.2. The van der Waals surface area contributed by atoms with Crippen molar-refractivity contribution in [2.24, 2.45) is 0 Å². The number of nitrogens with one attached hydrogen (secondary N) is 1. The molecule has 0 saturated heterocycles. The maximum atomic E-state index is 11.8. The van der Waals surface area contributed by atoms with Gasteiger partial charge < -0.3 is 4.74 Å². The van der Waals surface area contributed by atoms with Crippen LogP contribution in [0.25, 0.3) is 0 Å². The highest BCUT2D eigenvalue weighted by atomic mass is 16.6. The van der Waals surface area contributed by atoms with E-state index in [1.54, 1.807) is 0 Å². The van der Waals surface area contributed by atoms with E-state index in [9.17, 15) is 4.79 Å². The number of hydrogen-bond acceptors (Lipinski definition) is 2. The van der Waals surface area contributed by atoms with Gasteiger partial charge in [-0.1, -0.05) is 37.6 Å². The molecule has 0 heterocycles. The van der Waals surface area contributed by atoms with Gasteiger partial charge in [0.2, 0.25) is 0 Å². The van der Waals surface area contributed by atoms with Crippen LogP contribution in [-0.2, 0) is 4.74 Å². The Labute approximate surface area is 114 Å². The molecule has 0 spiro atoms. The summed E-state index contributed by atoms with van der Waals surface area (Å²) in [4.78, 5) is 11.8. The first-order valence-electron chi connectivity index (χ1n) is 6.96. The number of benzene rings is 1. The van der Waals surface area contributed by atoms with Crippen LogP contribution in [-0.4, -0.2) is 12.2 Å². The second-order valence-corrected chi connectivity index (χ2v) is 5.00. The van der Waals surface area contributed by atoms with E-state index >= 15 is 0 Å². The van der Waals surface area contributed by atoms with Gasteiger partial charge in [0.15, 0.2) is 0 Å². The van der Waals surface area contributed by atoms with Crippen molar-refractivity contribution < 1.29 is 9.53 Å². The standard InChI is InChI=1S/C16H21NO2/c1-13-9-5-2-3-8-12-15(13)19-16(18)17-14-10-6-4-7-11-14/h4,6-7,10-11,15H,1-3,5,8-9,12H2,(H,17,18)/t15-/m1/s1. The molecule has 3 nitrogen and oxygen atoms in total. The molecule has 1 aromatic rings. The number of hydrogen-bond donors (Lipinski definition) is 1. The van der Waals surface area contributed by atoms with Crippen molar-refractivity contribution in [2.75, 3.05) is 5.32 Å². The second-order valence-electron chi connectivity index (χ2n) is 5.00. The fraction of sp³-hybridized carbons (Fsp3) is 0.438. The first-order chi connectivity index (χ1) is 9.25. The predicted molar refractivity (Wildman–Crippen MR) is 77.2 cm³/mol. The summed E-state index contributed by atoms with van der Waals surface area (Å²) in [6.07, 6.45) is 6.04. The van der Waals surface area contributed by atoms with Gasteiger partial charge in [-0.15, -0.1) is 0 Å². The molecule has 3 heteroatoms. The van der Waals surface area contributed by atoms with Crippen molar-refractivity contribution in [3.63, 3.8) is 0 Å². The van der Waals surface area contributed by atoms with Gasteiger partial charge >= 0.3 is 6.09 Å². The third-order valence-electron chi connectivity index (χ3n) is 3.44. The molecule has 1 N–H and O–H groups in total. The lowest BCUT2D eigenvalue weighted by molar-refractivity contribution is 0.118. The van der Waals surface area contributed by atoms with E-state index in [2.05, 4.69) is 11.9 Å². The summed E-state index contributed by atoms with van der Waals surface area (Å²) in [6, 6.07) is 9.35. The topological polar surface area (TPSA) is 38.3 Å². The Morgan fingerprint density at radius 1 is 1.16 bits per heavy atom. The monoisotopic (exact) mass is 259 g/mol. The molecule has 1 aromatic carbocycles.